The molecule has 0 aromatic rings. The summed E-state index contributed by atoms with van der Waals surface area (Å²) in [7, 11) is 0. The summed E-state index contributed by atoms with van der Waals surface area (Å²) in [6, 6.07) is 0. The lowest BCUT2D eigenvalue weighted by atomic mass is 9.32. The molecular weight excluding hydrogens is 1020 g/mol. The number of rotatable bonds is 13. The van der Waals surface area contributed by atoms with Crippen molar-refractivity contribution in [1.82, 2.24) is 0 Å². The molecule has 77 heavy (non-hydrogen) atoms. The van der Waals surface area contributed by atoms with E-state index in [0.717, 1.165) is 5.57 Å². The summed E-state index contributed by atoms with van der Waals surface area (Å²) in [5.41, 5.74) is -4.51. The summed E-state index contributed by atoms with van der Waals surface area (Å²) in [5, 5.41) is 133. The van der Waals surface area contributed by atoms with E-state index in [-0.39, 0.29) is 11.8 Å². The zero-order valence-corrected chi connectivity index (χ0v) is 45.6. The third-order valence-electron chi connectivity index (χ3n) is 20.7. The molecular formula is C54H84O23. The smallest absolute Gasteiger partial charge is 0.335 e. The molecule has 0 spiro atoms. The zero-order valence-electron chi connectivity index (χ0n) is 45.6. The fourth-order valence-electron chi connectivity index (χ4n) is 16.1. The summed E-state index contributed by atoms with van der Waals surface area (Å²) in [6.45, 7) is 16.3. The maximum absolute atomic E-state index is 13.4. The first-order chi connectivity index (χ1) is 35.9. The van der Waals surface area contributed by atoms with Gasteiger partial charge >= 0.3 is 17.9 Å². The molecule has 438 valence electrons. The van der Waals surface area contributed by atoms with E-state index in [2.05, 4.69) is 19.9 Å². The van der Waals surface area contributed by atoms with Crippen molar-refractivity contribution in [3.8, 4) is 0 Å². The van der Waals surface area contributed by atoms with Crippen LogP contribution in [0.2, 0.25) is 0 Å². The molecule has 3 saturated heterocycles. The second-order valence-electron chi connectivity index (χ2n) is 25.2. The van der Waals surface area contributed by atoms with Crippen molar-refractivity contribution in [2.24, 2.45) is 50.2 Å². The van der Waals surface area contributed by atoms with Gasteiger partial charge in [-0.1, -0.05) is 66.2 Å². The van der Waals surface area contributed by atoms with Crippen molar-refractivity contribution in [3.05, 3.63) is 23.3 Å². The number of hydrogen-bond acceptors (Lipinski definition) is 22. The van der Waals surface area contributed by atoms with E-state index < -0.39 is 193 Å². The number of carboxylic acid groups (broad SMARTS) is 1. The van der Waals surface area contributed by atoms with Crippen LogP contribution in [-0.4, -0.2) is 216 Å². The van der Waals surface area contributed by atoms with Gasteiger partial charge in [0.1, 0.15) is 67.1 Å². The molecule has 3 heterocycles. The Kier molecular flexibility index (Phi) is 16.8. The molecule has 0 aromatic carbocycles. The predicted octanol–water partition coefficient (Wildman–Crippen LogP) is -0.684. The topological polar surface area (TPSA) is 368 Å². The largest absolute Gasteiger partial charge is 0.479 e. The summed E-state index contributed by atoms with van der Waals surface area (Å²) in [5.74, 6) is -3.94. The van der Waals surface area contributed by atoms with Gasteiger partial charge in [-0.05, 0) is 86.4 Å². The van der Waals surface area contributed by atoms with Crippen molar-refractivity contribution in [2.75, 3.05) is 19.8 Å². The molecule has 0 bridgehead atoms. The van der Waals surface area contributed by atoms with Gasteiger partial charge in [0.05, 0.1) is 43.5 Å². The fraction of sp³-hybridized carbons (Fsp3) is 0.870. The molecule has 23 nitrogen and oxygen atoms in total. The highest BCUT2D eigenvalue weighted by Crippen LogP contribution is 2.76. The summed E-state index contributed by atoms with van der Waals surface area (Å²) < 4.78 is 48.6. The number of aliphatic hydroxyl groups excluding tert-OH is 11. The number of aliphatic hydroxyl groups is 11. The summed E-state index contributed by atoms with van der Waals surface area (Å²) in [4.78, 5) is 39.3. The summed E-state index contributed by atoms with van der Waals surface area (Å²) >= 11 is 0. The molecule has 8 aliphatic rings. The zero-order chi connectivity index (χ0) is 57.0. The van der Waals surface area contributed by atoms with E-state index in [4.69, 9.17) is 37.9 Å². The van der Waals surface area contributed by atoms with Crippen LogP contribution in [0.3, 0.4) is 0 Å². The maximum atomic E-state index is 13.4. The van der Waals surface area contributed by atoms with Gasteiger partial charge in [-0.2, -0.15) is 0 Å². The number of carbonyl (C=O) groups is 3. The molecule has 5 aliphatic carbocycles. The minimum atomic E-state index is -2.12. The minimum absolute atomic E-state index is 0.141. The van der Waals surface area contributed by atoms with Crippen molar-refractivity contribution in [3.63, 3.8) is 0 Å². The molecule has 3 aliphatic heterocycles. The number of ether oxygens (including phenoxy) is 8. The van der Waals surface area contributed by atoms with Gasteiger partial charge in [0.15, 0.2) is 31.1 Å². The van der Waals surface area contributed by atoms with E-state index in [1.165, 1.54) is 6.92 Å². The lowest BCUT2D eigenvalue weighted by molar-refractivity contribution is -0.386. The van der Waals surface area contributed by atoms with Crippen LogP contribution in [0.4, 0.5) is 0 Å². The Labute approximate surface area is 448 Å². The number of carbonyl (C=O) groups excluding carboxylic acids is 2. The van der Waals surface area contributed by atoms with Crippen LogP contribution in [0.15, 0.2) is 23.3 Å². The average Bonchev–Trinajstić information content (AvgIpc) is 3.65. The number of aliphatic carboxylic acids is 1. The van der Waals surface area contributed by atoms with Crippen molar-refractivity contribution in [2.45, 2.75) is 224 Å². The first kappa shape index (κ1) is 60.3. The Bertz CT molecular complexity index is 2250. The number of allylic oxidation sites excluding steroid dienone is 2. The first-order valence-corrected chi connectivity index (χ1v) is 27.0. The normalized spacial score (nSPS) is 50.2. The molecule has 12 N–H and O–H groups in total. The fourth-order valence-corrected chi connectivity index (χ4v) is 16.1. The van der Waals surface area contributed by atoms with Crippen molar-refractivity contribution >= 4 is 17.9 Å². The predicted molar refractivity (Wildman–Crippen MR) is 263 cm³/mol. The highest BCUT2D eigenvalue weighted by Gasteiger charge is 2.76. The molecule has 26 atom stereocenters. The van der Waals surface area contributed by atoms with E-state index in [9.17, 15) is 75.7 Å². The first-order valence-electron chi connectivity index (χ1n) is 27.0. The maximum Gasteiger partial charge on any atom is 0.335 e. The second kappa shape index (κ2) is 21.5. The van der Waals surface area contributed by atoms with Gasteiger partial charge in [0.25, 0.3) is 0 Å². The Morgan fingerprint density at radius 1 is 0.675 bits per heavy atom. The highest BCUT2D eigenvalue weighted by atomic mass is 16.8. The van der Waals surface area contributed by atoms with Crippen LogP contribution in [0.5, 0.6) is 0 Å². The van der Waals surface area contributed by atoms with Crippen molar-refractivity contribution < 1.29 is 114 Å². The SMILES string of the molecule is C/C=C(/C)C(=O)O[C@H]1[C@H](OC(C)=O)[C@]2(CO)[C@H](O)[C@H](O)[C@]3(C)C(=CC[C@@H]4[C@@]5(C)CC[C@H](O[C@@H]6O[C@H](C(=O)O)[C@@H](O)[C@H](O[C@@H]7O[C@@H](CO)[C@H](O)[C@H]7O)[C@H]6O[C@@H]6O[C@H](CO)[C@H](O)[C@H](O)[C@H]6O)C(C)(C)[C@@H]5CC[C@]43C)[C@@H]2CC1(C)C. The molecule has 0 aromatic heterocycles. The molecule has 0 unspecified atom stereocenters. The standard InChI is InChI=1S/C54H84O23/c1-11-22(2)45(69)77-42-43(70-23(3)58)54(21-57)25(18-49(42,4)5)24-12-13-29-51(8)16-15-30(50(6,7)28(51)14-17-52(29,9)53(24,10)40(65)41(54)66)73-48-39(76-47-35(63)33(61)31(59)26(19-55)71-47)37(36(64)38(75-48)44(67)68)74-46-34(62)32(60)27(20-56)72-46/h11-12,25-43,46-48,55-57,59-66H,13-21H2,1-10H3,(H,67,68)/b22-11-/t25-,26+,27-,28-,29+,30-,31-,32-,33-,34+,35+,36-,37-,38-,39+,40-,41+,42-,43-,46-,47-,48+,51-,52+,53-,54-/m0/s1. The Morgan fingerprint density at radius 3 is 1.82 bits per heavy atom. The van der Waals surface area contributed by atoms with Crippen LogP contribution < -0.4 is 0 Å². The van der Waals surface area contributed by atoms with Crippen LogP contribution in [-0.2, 0) is 52.3 Å². The Hall–Kier alpha value is -2.79. The highest BCUT2D eigenvalue weighted by molar-refractivity contribution is 5.87. The molecule has 7 fully saturated rings. The molecule has 23 heteroatoms. The van der Waals surface area contributed by atoms with E-state index in [1.807, 2.05) is 34.6 Å². The third-order valence-corrected chi connectivity index (χ3v) is 20.7. The number of fused-ring (bicyclic) bond motifs is 7. The van der Waals surface area contributed by atoms with Crippen LogP contribution in [0.25, 0.3) is 0 Å². The molecule has 8 rings (SSSR count). The molecule has 4 saturated carbocycles. The lowest BCUT2D eigenvalue weighted by Gasteiger charge is -2.73. The van der Waals surface area contributed by atoms with Crippen LogP contribution in [0.1, 0.15) is 108 Å². The van der Waals surface area contributed by atoms with E-state index in [0.29, 0.717) is 44.1 Å². The van der Waals surface area contributed by atoms with Gasteiger partial charge in [-0.15, -0.1) is 0 Å². The van der Waals surface area contributed by atoms with Crippen LogP contribution >= 0.6 is 0 Å². The van der Waals surface area contributed by atoms with Gasteiger partial charge in [0.2, 0.25) is 0 Å². The Morgan fingerprint density at radius 2 is 1.26 bits per heavy atom. The van der Waals surface area contributed by atoms with Gasteiger partial charge in [-0.3, -0.25) is 4.79 Å². The number of esters is 2. The minimum Gasteiger partial charge on any atom is -0.479 e. The lowest BCUT2D eigenvalue weighted by Crippen LogP contribution is -2.76. The van der Waals surface area contributed by atoms with E-state index >= 15 is 0 Å². The van der Waals surface area contributed by atoms with Gasteiger partial charge in [-0.25, -0.2) is 9.59 Å². The monoisotopic (exact) mass is 1100 g/mol. The number of hydrogen-bond donors (Lipinski definition) is 12. The summed E-state index contributed by atoms with van der Waals surface area (Å²) in [6.07, 6.45) is -25.3. The van der Waals surface area contributed by atoms with Crippen LogP contribution in [0, 0.1) is 50.2 Å². The quantitative estimate of drug-likeness (QED) is 0.0470. The molecule has 0 amide bonds. The number of carboxylic acids is 1. The third kappa shape index (κ3) is 9.35. The van der Waals surface area contributed by atoms with Crippen molar-refractivity contribution in [1.29, 1.82) is 0 Å². The van der Waals surface area contributed by atoms with Gasteiger partial charge in [0, 0.05) is 23.3 Å². The Balaban J connectivity index is 1.13. The molecule has 0 radical (unpaired) electrons. The second-order valence-corrected chi connectivity index (χ2v) is 25.2. The van der Waals surface area contributed by atoms with E-state index in [1.54, 1.807) is 19.9 Å². The van der Waals surface area contributed by atoms with Gasteiger partial charge < -0.3 is 99.2 Å². The average molecular weight is 1100 g/mol.